The van der Waals surface area contributed by atoms with E-state index in [2.05, 4.69) is 48.6 Å². The molecule has 1 N–H and O–H groups in total. The molecule has 0 saturated carbocycles. The molecule has 0 aliphatic heterocycles. The zero-order valence-corrected chi connectivity index (χ0v) is 12.9. The molecule has 0 amide bonds. The molecule has 2 aromatic rings. The first-order valence-corrected chi connectivity index (χ1v) is 7.40. The van der Waals surface area contributed by atoms with Crippen LogP contribution in [0.2, 0.25) is 0 Å². The van der Waals surface area contributed by atoms with Gasteiger partial charge in [-0.2, -0.15) is 0 Å². The summed E-state index contributed by atoms with van der Waals surface area (Å²) >= 11 is 0. The van der Waals surface area contributed by atoms with Crippen molar-refractivity contribution in [3.8, 4) is 5.75 Å². The predicted octanol–water partition coefficient (Wildman–Crippen LogP) is 3.63. The van der Waals surface area contributed by atoms with Crippen molar-refractivity contribution in [1.29, 1.82) is 0 Å². The van der Waals surface area contributed by atoms with Crippen molar-refractivity contribution >= 4 is 5.69 Å². The number of para-hydroxylation sites is 2. The number of anilines is 1. The van der Waals surface area contributed by atoms with Gasteiger partial charge >= 0.3 is 0 Å². The molecule has 0 unspecified atom stereocenters. The van der Waals surface area contributed by atoms with Gasteiger partial charge in [-0.15, -0.1) is 0 Å². The van der Waals surface area contributed by atoms with Crippen LogP contribution in [0.4, 0.5) is 5.69 Å². The fraction of sp³-hybridized carbons (Fsp3) is 0.333. The lowest BCUT2D eigenvalue weighted by Gasteiger charge is -2.14. The summed E-state index contributed by atoms with van der Waals surface area (Å²) in [5, 5.41) is 3.42. The first-order valence-electron chi connectivity index (χ1n) is 7.40. The van der Waals surface area contributed by atoms with Crippen molar-refractivity contribution in [3.05, 3.63) is 60.2 Å². The summed E-state index contributed by atoms with van der Waals surface area (Å²) < 4.78 is 5.91. The molecule has 0 radical (unpaired) electrons. The Morgan fingerprint density at radius 1 is 0.952 bits per heavy atom. The zero-order valence-electron chi connectivity index (χ0n) is 12.9. The van der Waals surface area contributed by atoms with E-state index in [9.17, 15) is 0 Å². The largest absolute Gasteiger partial charge is 0.493 e. The minimum atomic E-state index is 0.751. The van der Waals surface area contributed by atoms with Crippen molar-refractivity contribution in [1.82, 2.24) is 4.90 Å². The van der Waals surface area contributed by atoms with Crippen molar-refractivity contribution in [2.75, 3.05) is 32.6 Å². The molecule has 0 aliphatic carbocycles. The maximum Gasteiger partial charge on any atom is 0.124 e. The lowest BCUT2D eigenvalue weighted by atomic mass is 10.2. The van der Waals surface area contributed by atoms with Gasteiger partial charge in [0.05, 0.1) is 6.61 Å². The SMILES string of the molecule is CN(C)CCCOc1ccccc1CNc1ccccc1. The second-order valence-electron chi connectivity index (χ2n) is 5.33. The lowest BCUT2D eigenvalue weighted by Crippen LogP contribution is -2.15. The molecule has 0 fully saturated rings. The van der Waals surface area contributed by atoms with E-state index in [0.29, 0.717) is 0 Å². The van der Waals surface area contributed by atoms with Gasteiger partial charge in [-0.05, 0) is 38.7 Å². The smallest absolute Gasteiger partial charge is 0.124 e. The predicted molar refractivity (Wildman–Crippen MR) is 88.9 cm³/mol. The molecule has 3 nitrogen and oxygen atoms in total. The van der Waals surface area contributed by atoms with Gasteiger partial charge in [-0.3, -0.25) is 0 Å². The third kappa shape index (κ3) is 5.48. The average Bonchev–Trinajstić information content (AvgIpc) is 2.51. The number of rotatable bonds is 8. The van der Waals surface area contributed by atoms with Crippen LogP contribution in [-0.4, -0.2) is 32.1 Å². The molecule has 2 aromatic carbocycles. The highest BCUT2D eigenvalue weighted by molar-refractivity contribution is 5.44. The quantitative estimate of drug-likeness (QED) is 0.749. The molecule has 21 heavy (non-hydrogen) atoms. The summed E-state index contributed by atoms with van der Waals surface area (Å²) in [6.45, 7) is 2.57. The second-order valence-corrected chi connectivity index (χ2v) is 5.33. The monoisotopic (exact) mass is 284 g/mol. The first-order chi connectivity index (χ1) is 10.3. The highest BCUT2D eigenvalue weighted by atomic mass is 16.5. The molecule has 0 atom stereocenters. The standard InChI is InChI=1S/C18H24N2O/c1-20(2)13-8-14-21-18-12-7-6-9-16(18)15-19-17-10-4-3-5-11-17/h3-7,9-12,19H,8,13-15H2,1-2H3. The normalized spacial score (nSPS) is 10.6. The lowest BCUT2D eigenvalue weighted by molar-refractivity contribution is 0.279. The van der Waals surface area contributed by atoms with Crippen LogP contribution >= 0.6 is 0 Å². The molecule has 0 bridgehead atoms. The van der Waals surface area contributed by atoms with E-state index in [4.69, 9.17) is 4.74 Å². The molecular formula is C18H24N2O. The van der Waals surface area contributed by atoms with Gasteiger partial charge in [0.1, 0.15) is 5.75 Å². The van der Waals surface area contributed by atoms with E-state index >= 15 is 0 Å². The third-order valence-electron chi connectivity index (χ3n) is 3.24. The van der Waals surface area contributed by atoms with E-state index in [1.165, 1.54) is 5.56 Å². The highest BCUT2D eigenvalue weighted by Crippen LogP contribution is 2.19. The Balaban J connectivity index is 1.87. The molecule has 0 saturated heterocycles. The van der Waals surface area contributed by atoms with Crippen LogP contribution in [0.15, 0.2) is 54.6 Å². The Hall–Kier alpha value is -2.00. The van der Waals surface area contributed by atoms with Crippen molar-refractivity contribution in [2.24, 2.45) is 0 Å². The van der Waals surface area contributed by atoms with Crippen LogP contribution in [0.25, 0.3) is 0 Å². The summed E-state index contributed by atoms with van der Waals surface area (Å²) in [4.78, 5) is 2.17. The van der Waals surface area contributed by atoms with Crippen LogP contribution in [-0.2, 0) is 6.54 Å². The zero-order chi connectivity index (χ0) is 14.9. The number of ether oxygens (including phenoxy) is 1. The van der Waals surface area contributed by atoms with Gasteiger partial charge < -0.3 is 15.0 Å². The van der Waals surface area contributed by atoms with Crippen LogP contribution < -0.4 is 10.1 Å². The number of benzene rings is 2. The Morgan fingerprint density at radius 3 is 2.43 bits per heavy atom. The summed E-state index contributed by atoms with van der Waals surface area (Å²) in [7, 11) is 4.16. The van der Waals surface area contributed by atoms with Gasteiger partial charge in [0.15, 0.2) is 0 Å². The molecule has 0 aromatic heterocycles. The minimum absolute atomic E-state index is 0.751. The average molecular weight is 284 g/mol. The van der Waals surface area contributed by atoms with Crippen LogP contribution in [0.5, 0.6) is 5.75 Å². The number of nitrogens with one attached hydrogen (secondary N) is 1. The first kappa shape index (κ1) is 15.4. The second kappa shape index (κ2) is 8.32. The van der Waals surface area contributed by atoms with Gasteiger partial charge in [-0.25, -0.2) is 0 Å². The van der Waals surface area contributed by atoms with E-state index < -0.39 is 0 Å². The summed E-state index contributed by atoms with van der Waals surface area (Å²) in [6, 6.07) is 18.4. The molecule has 0 aliphatic rings. The van der Waals surface area contributed by atoms with Gasteiger partial charge in [0, 0.05) is 24.3 Å². The van der Waals surface area contributed by atoms with Crippen LogP contribution in [0.3, 0.4) is 0 Å². The molecular weight excluding hydrogens is 260 g/mol. The van der Waals surface area contributed by atoms with Gasteiger partial charge in [-0.1, -0.05) is 36.4 Å². The van der Waals surface area contributed by atoms with Crippen molar-refractivity contribution in [2.45, 2.75) is 13.0 Å². The summed E-state index contributed by atoms with van der Waals surface area (Å²) in [5.74, 6) is 0.972. The fourth-order valence-corrected chi connectivity index (χ4v) is 2.11. The summed E-state index contributed by atoms with van der Waals surface area (Å²) in [6.07, 6.45) is 1.04. The van der Waals surface area contributed by atoms with Crippen molar-refractivity contribution < 1.29 is 4.74 Å². The minimum Gasteiger partial charge on any atom is -0.493 e. The summed E-state index contributed by atoms with van der Waals surface area (Å²) in [5.41, 5.74) is 2.31. The van der Waals surface area contributed by atoms with Crippen LogP contribution in [0, 0.1) is 0 Å². The van der Waals surface area contributed by atoms with E-state index in [-0.39, 0.29) is 0 Å². The van der Waals surface area contributed by atoms with Crippen LogP contribution in [0.1, 0.15) is 12.0 Å². The molecule has 112 valence electrons. The van der Waals surface area contributed by atoms with Gasteiger partial charge in [0.2, 0.25) is 0 Å². The molecule has 0 heterocycles. The topological polar surface area (TPSA) is 24.5 Å². The highest BCUT2D eigenvalue weighted by Gasteiger charge is 2.03. The van der Waals surface area contributed by atoms with Gasteiger partial charge in [0.25, 0.3) is 0 Å². The Kier molecular flexibility index (Phi) is 6.10. The Labute approximate surface area is 127 Å². The number of nitrogens with zero attached hydrogens (tertiary/aromatic N) is 1. The Morgan fingerprint density at radius 2 is 1.67 bits per heavy atom. The number of hydrogen-bond donors (Lipinski definition) is 1. The van der Waals surface area contributed by atoms with E-state index in [1.807, 2.05) is 30.3 Å². The number of hydrogen-bond acceptors (Lipinski definition) is 3. The fourth-order valence-electron chi connectivity index (χ4n) is 2.11. The Bertz CT molecular complexity index is 526. The molecule has 2 rings (SSSR count). The molecule has 0 spiro atoms. The van der Waals surface area contributed by atoms with Crippen molar-refractivity contribution in [3.63, 3.8) is 0 Å². The maximum absolute atomic E-state index is 5.91. The maximum atomic E-state index is 5.91. The van der Waals surface area contributed by atoms with E-state index in [1.54, 1.807) is 0 Å². The molecule has 3 heteroatoms. The third-order valence-corrected chi connectivity index (χ3v) is 3.24. The van der Waals surface area contributed by atoms with E-state index in [0.717, 1.165) is 37.6 Å².